The first kappa shape index (κ1) is 14.2. The van der Waals surface area contributed by atoms with Crippen LogP contribution in [0.2, 0.25) is 0 Å². The first-order valence-corrected chi connectivity index (χ1v) is 7.51. The Bertz CT molecular complexity index is 762. The summed E-state index contributed by atoms with van der Waals surface area (Å²) in [6.45, 7) is 0. The number of carbonyl (C=O) groups is 2. The standard InChI is InChI=1S/C17H17FN2O3/c1-19-14-11-8-12(23-3)13(10-7-5-4-6-9(10)11)17(14,18)15(21)20(2)16(19)22/h4-8,11,13-14H,1-3H3. The minimum atomic E-state index is -2.21. The van der Waals surface area contributed by atoms with Gasteiger partial charge in [0.25, 0.3) is 5.91 Å². The number of urea groups is 1. The van der Waals surface area contributed by atoms with E-state index in [9.17, 15) is 9.59 Å². The number of rotatable bonds is 1. The molecule has 1 aromatic carbocycles. The van der Waals surface area contributed by atoms with Crippen molar-refractivity contribution in [3.05, 3.63) is 47.2 Å². The fraction of sp³-hybridized carbons (Fsp3) is 0.412. The van der Waals surface area contributed by atoms with Gasteiger partial charge in [-0.1, -0.05) is 24.3 Å². The molecule has 0 spiro atoms. The number of carbonyl (C=O) groups excluding carboxylic acids is 2. The molecule has 1 heterocycles. The molecule has 3 aliphatic carbocycles. The number of imide groups is 1. The third kappa shape index (κ3) is 1.46. The van der Waals surface area contributed by atoms with Crippen LogP contribution in [0.15, 0.2) is 36.1 Å². The molecule has 3 amide bonds. The molecule has 1 saturated heterocycles. The zero-order valence-corrected chi connectivity index (χ0v) is 13.1. The van der Waals surface area contributed by atoms with Crippen LogP contribution in [0.5, 0.6) is 0 Å². The molecule has 0 aromatic heterocycles. The van der Waals surface area contributed by atoms with Gasteiger partial charge in [-0.25, -0.2) is 9.18 Å². The number of amides is 3. The lowest BCUT2D eigenvalue weighted by atomic mass is 9.58. The number of allylic oxidation sites excluding steroid dienone is 1. The molecule has 0 radical (unpaired) electrons. The van der Waals surface area contributed by atoms with E-state index in [1.807, 2.05) is 30.3 Å². The van der Waals surface area contributed by atoms with Gasteiger partial charge in [0.15, 0.2) is 0 Å². The molecule has 6 heteroatoms. The fourth-order valence-corrected chi connectivity index (χ4v) is 4.38. The molecule has 0 N–H and O–H groups in total. The summed E-state index contributed by atoms with van der Waals surface area (Å²) in [5.41, 5.74) is -0.495. The molecule has 2 bridgehead atoms. The summed E-state index contributed by atoms with van der Waals surface area (Å²) in [4.78, 5) is 27.2. The third-order valence-corrected chi connectivity index (χ3v) is 5.36. The summed E-state index contributed by atoms with van der Waals surface area (Å²) in [5, 5.41) is 0. The van der Waals surface area contributed by atoms with Crippen LogP contribution in [-0.4, -0.2) is 54.7 Å². The van der Waals surface area contributed by atoms with Crippen LogP contribution in [0.4, 0.5) is 9.18 Å². The summed E-state index contributed by atoms with van der Waals surface area (Å²) in [6.07, 6.45) is 1.85. The van der Waals surface area contributed by atoms with Gasteiger partial charge in [0.2, 0.25) is 5.67 Å². The summed E-state index contributed by atoms with van der Waals surface area (Å²) < 4.78 is 21.6. The number of likely N-dealkylation sites (N-methyl/N-ethyl adjacent to an activating group) is 1. The lowest BCUT2D eigenvalue weighted by molar-refractivity contribution is -0.155. The molecule has 5 nitrogen and oxygen atoms in total. The van der Waals surface area contributed by atoms with Gasteiger partial charge in [0, 0.05) is 20.0 Å². The van der Waals surface area contributed by atoms with Gasteiger partial charge in [-0.2, -0.15) is 0 Å². The van der Waals surface area contributed by atoms with Crippen molar-refractivity contribution in [1.29, 1.82) is 0 Å². The molecular formula is C17H17FN2O3. The van der Waals surface area contributed by atoms with E-state index in [0.29, 0.717) is 5.76 Å². The fourth-order valence-electron chi connectivity index (χ4n) is 4.38. The monoisotopic (exact) mass is 316 g/mol. The predicted molar refractivity (Wildman–Crippen MR) is 80.6 cm³/mol. The van der Waals surface area contributed by atoms with Gasteiger partial charge in [-0.05, 0) is 17.2 Å². The van der Waals surface area contributed by atoms with E-state index in [0.717, 1.165) is 16.0 Å². The quantitative estimate of drug-likeness (QED) is 0.796. The van der Waals surface area contributed by atoms with Gasteiger partial charge < -0.3 is 9.64 Å². The highest BCUT2D eigenvalue weighted by atomic mass is 19.1. The van der Waals surface area contributed by atoms with E-state index < -0.39 is 35.5 Å². The Balaban J connectivity index is 2.01. The van der Waals surface area contributed by atoms with Gasteiger partial charge in [-0.15, -0.1) is 0 Å². The zero-order chi connectivity index (χ0) is 16.5. The number of methoxy groups -OCH3 is 1. The number of halogens is 1. The molecule has 4 aliphatic rings. The Morgan fingerprint density at radius 1 is 1.17 bits per heavy atom. The van der Waals surface area contributed by atoms with Gasteiger partial charge in [-0.3, -0.25) is 9.69 Å². The number of hydrogen-bond acceptors (Lipinski definition) is 3. The average molecular weight is 316 g/mol. The lowest BCUT2D eigenvalue weighted by Gasteiger charge is -2.56. The topological polar surface area (TPSA) is 49.9 Å². The van der Waals surface area contributed by atoms with E-state index in [2.05, 4.69) is 0 Å². The Kier molecular flexibility index (Phi) is 2.69. The Labute approximate surface area is 133 Å². The Morgan fingerprint density at radius 2 is 1.83 bits per heavy atom. The summed E-state index contributed by atoms with van der Waals surface area (Å²) in [7, 11) is 4.36. The van der Waals surface area contributed by atoms with Crippen molar-refractivity contribution in [1.82, 2.24) is 9.80 Å². The van der Waals surface area contributed by atoms with E-state index in [4.69, 9.17) is 4.74 Å². The summed E-state index contributed by atoms with van der Waals surface area (Å²) in [6, 6.07) is 6.15. The summed E-state index contributed by atoms with van der Waals surface area (Å²) in [5.74, 6) is -1.57. The molecule has 120 valence electrons. The number of nitrogens with zero attached hydrogens (tertiary/aromatic N) is 2. The summed E-state index contributed by atoms with van der Waals surface area (Å²) >= 11 is 0. The molecule has 23 heavy (non-hydrogen) atoms. The molecule has 1 aliphatic heterocycles. The molecular weight excluding hydrogens is 299 g/mol. The van der Waals surface area contributed by atoms with Gasteiger partial charge in [0.05, 0.1) is 19.1 Å². The maximum Gasteiger partial charge on any atom is 0.326 e. The number of ether oxygens (including phenoxy) is 1. The van der Waals surface area contributed by atoms with Crippen molar-refractivity contribution in [3.8, 4) is 0 Å². The average Bonchev–Trinajstić information content (AvgIpc) is 2.58. The van der Waals surface area contributed by atoms with Crippen LogP contribution < -0.4 is 0 Å². The first-order valence-electron chi connectivity index (χ1n) is 7.51. The minimum absolute atomic E-state index is 0.400. The second-order valence-corrected chi connectivity index (χ2v) is 6.33. The third-order valence-electron chi connectivity index (χ3n) is 5.36. The van der Waals surface area contributed by atoms with Crippen molar-refractivity contribution in [2.45, 2.75) is 23.5 Å². The Morgan fingerprint density at radius 3 is 2.48 bits per heavy atom. The molecule has 5 rings (SSSR count). The Hall–Kier alpha value is -2.37. The smallest absolute Gasteiger partial charge is 0.326 e. The SMILES string of the molecule is COC1=CC2c3ccccc3C1C1(F)C(=O)N(C)C(=O)N(C)C21. The lowest BCUT2D eigenvalue weighted by Crippen LogP contribution is -2.73. The highest BCUT2D eigenvalue weighted by Crippen LogP contribution is 2.58. The van der Waals surface area contributed by atoms with Crippen LogP contribution in [0.1, 0.15) is 23.0 Å². The van der Waals surface area contributed by atoms with E-state index in [1.54, 1.807) is 7.05 Å². The van der Waals surface area contributed by atoms with Crippen molar-refractivity contribution in [2.24, 2.45) is 0 Å². The second kappa shape index (κ2) is 4.34. The van der Waals surface area contributed by atoms with Crippen LogP contribution in [-0.2, 0) is 9.53 Å². The number of benzene rings is 1. The van der Waals surface area contributed by atoms with Crippen molar-refractivity contribution in [2.75, 3.05) is 21.2 Å². The maximum absolute atomic E-state index is 16.2. The van der Waals surface area contributed by atoms with E-state index >= 15 is 4.39 Å². The zero-order valence-electron chi connectivity index (χ0n) is 13.1. The van der Waals surface area contributed by atoms with Crippen LogP contribution in [0.3, 0.4) is 0 Å². The minimum Gasteiger partial charge on any atom is -0.501 e. The highest BCUT2D eigenvalue weighted by molar-refractivity contribution is 6.03. The van der Waals surface area contributed by atoms with Crippen LogP contribution in [0.25, 0.3) is 0 Å². The number of alkyl halides is 1. The van der Waals surface area contributed by atoms with Crippen molar-refractivity contribution in [3.63, 3.8) is 0 Å². The van der Waals surface area contributed by atoms with Crippen LogP contribution >= 0.6 is 0 Å². The molecule has 4 atom stereocenters. The molecule has 4 unspecified atom stereocenters. The normalized spacial score (nSPS) is 35.0. The first-order chi connectivity index (χ1) is 10.9. The van der Waals surface area contributed by atoms with Gasteiger partial charge >= 0.3 is 6.03 Å². The molecule has 1 aromatic rings. The largest absolute Gasteiger partial charge is 0.501 e. The maximum atomic E-state index is 16.2. The second-order valence-electron chi connectivity index (χ2n) is 6.33. The van der Waals surface area contributed by atoms with E-state index in [-0.39, 0.29) is 0 Å². The van der Waals surface area contributed by atoms with Gasteiger partial charge in [0.1, 0.15) is 5.76 Å². The predicted octanol–water partition coefficient (Wildman–Crippen LogP) is 2.01. The molecule has 1 fully saturated rings. The van der Waals surface area contributed by atoms with E-state index in [1.165, 1.54) is 19.1 Å². The number of hydrogen-bond donors (Lipinski definition) is 0. The van der Waals surface area contributed by atoms with Crippen LogP contribution in [0, 0.1) is 0 Å². The van der Waals surface area contributed by atoms with Crippen molar-refractivity contribution >= 4 is 11.9 Å². The molecule has 0 saturated carbocycles. The van der Waals surface area contributed by atoms with Crippen molar-refractivity contribution < 1.29 is 18.7 Å². The highest BCUT2D eigenvalue weighted by Gasteiger charge is 2.68.